The van der Waals surface area contributed by atoms with Gasteiger partial charge in [0.15, 0.2) is 11.5 Å². The van der Waals surface area contributed by atoms with Crippen LogP contribution in [-0.2, 0) is 11.3 Å². The van der Waals surface area contributed by atoms with Gasteiger partial charge < -0.3 is 19.5 Å². The molecule has 0 heterocycles. The Hall–Kier alpha value is -3.09. The summed E-state index contributed by atoms with van der Waals surface area (Å²) in [5.74, 6) is 0.617. The Morgan fingerprint density at radius 1 is 1.14 bits per heavy atom. The molecular weight excluding hydrogens is 368 g/mol. The quantitative estimate of drug-likeness (QED) is 0.647. The van der Waals surface area contributed by atoms with E-state index in [-0.39, 0.29) is 17.4 Å². The number of carbonyl (C=O) groups is 1. The molecule has 28 heavy (non-hydrogen) atoms. The summed E-state index contributed by atoms with van der Waals surface area (Å²) in [7, 11) is 1.60. The summed E-state index contributed by atoms with van der Waals surface area (Å²) in [5, 5.41) is 2.78. The lowest BCUT2D eigenvalue weighted by atomic mass is 10.1. The number of methoxy groups -OCH3 is 1. The van der Waals surface area contributed by atoms with Gasteiger partial charge in [0.1, 0.15) is 5.75 Å². The number of ether oxygens (including phenoxy) is 3. The Morgan fingerprint density at radius 3 is 2.61 bits per heavy atom. The van der Waals surface area contributed by atoms with E-state index in [1.807, 2.05) is 25.1 Å². The average molecular weight is 391 g/mol. The number of hydrogen-bond acceptors (Lipinski definition) is 4. The summed E-state index contributed by atoms with van der Waals surface area (Å²) in [6.07, 6.45) is 2.93. The SMILES string of the molecule is CCOc1cc(C=CC(=O)NCc2ccc(C)c(OC)c2)ccc1OC(F)F. The van der Waals surface area contributed by atoms with Crippen LogP contribution in [0.3, 0.4) is 0 Å². The van der Waals surface area contributed by atoms with Gasteiger partial charge in [0, 0.05) is 12.6 Å². The Labute approximate surface area is 162 Å². The van der Waals surface area contributed by atoms with Crippen LogP contribution >= 0.6 is 0 Å². The molecular formula is C21H23F2NO4. The second-order valence-electron chi connectivity index (χ2n) is 5.87. The second kappa shape index (κ2) is 10.3. The maximum atomic E-state index is 12.4. The summed E-state index contributed by atoms with van der Waals surface area (Å²) in [5.41, 5.74) is 2.55. The van der Waals surface area contributed by atoms with Gasteiger partial charge in [0.05, 0.1) is 13.7 Å². The van der Waals surface area contributed by atoms with Crippen LogP contribution in [0.4, 0.5) is 8.78 Å². The molecule has 0 spiro atoms. The molecule has 5 nitrogen and oxygen atoms in total. The maximum Gasteiger partial charge on any atom is 0.387 e. The average Bonchev–Trinajstić information content (AvgIpc) is 2.67. The lowest BCUT2D eigenvalue weighted by molar-refractivity contribution is -0.116. The van der Waals surface area contributed by atoms with Crippen molar-refractivity contribution in [2.75, 3.05) is 13.7 Å². The Bertz CT molecular complexity index is 837. The first-order valence-corrected chi connectivity index (χ1v) is 8.74. The van der Waals surface area contributed by atoms with Crippen LogP contribution in [0.2, 0.25) is 0 Å². The lowest BCUT2D eigenvalue weighted by Crippen LogP contribution is -2.20. The third-order valence-electron chi connectivity index (χ3n) is 3.85. The molecule has 2 aromatic rings. The van der Waals surface area contributed by atoms with Gasteiger partial charge in [-0.05, 0) is 54.8 Å². The van der Waals surface area contributed by atoms with E-state index < -0.39 is 6.61 Å². The van der Waals surface area contributed by atoms with Crippen molar-refractivity contribution in [3.63, 3.8) is 0 Å². The smallest absolute Gasteiger partial charge is 0.387 e. The zero-order chi connectivity index (χ0) is 20.5. The van der Waals surface area contributed by atoms with Crippen LogP contribution in [0, 0.1) is 6.92 Å². The normalized spacial score (nSPS) is 10.9. The van der Waals surface area contributed by atoms with E-state index in [1.165, 1.54) is 18.2 Å². The molecule has 0 atom stereocenters. The highest BCUT2D eigenvalue weighted by molar-refractivity contribution is 5.91. The van der Waals surface area contributed by atoms with Gasteiger partial charge in [0.25, 0.3) is 0 Å². The third kappa shape index (κ3) is 6.26. The predicted molar refractivity (Wildman–Crippen MR) is 103 cm³/mol. The van der Waals surface area contributed by atoms with Gasteiger partial charge in [-0.3, -0.25) is 4.79 Å². The van der Waals surface area contributed by atoms with Crippen molar-refractivity contribution in [1.82, 2.24) is 5.32 Å². The van der Waals surface area contributed by atoms with E-state index in [9.17, 15) is 13.6 Å². The van der Waals surface area contributed by atoms with Crippen molar-refractivity contribution in [3.8, 4) is 17.2 Å². The molecule has 1 N–H and O–H groups in total. The molecule has 0 unspecified atom stereocenters. The fourth-order valence-electron chi connectivity index (χ4n) is 2.48. The molecule has 2 aromatic carbocycles. The van der Waals surface area contributed by atoms with Gasteiger partial charge in [0.2, 0.25) is 5.91 Å². The zero-order valence-electron chi connectivity index (χ0n) is 16.0. The van der Waals surface area contributed by atoms with Gasteiger partial charge in [-0.25, -0.2) is 0 Å². The number of aryl methyl sites for hydroxylation is 1. The largest absolute Gasteiger partial charge is 0.496 e. The van der Waals surface area contributed by atoms with Crippen LogP contribution in [0.1, 0.15) is 23.6 Å². The Kier molecular flexibility index (Phi) is 7.80. The molecule has 2 rings (SSSR count). The van der Waals surface area contributed by atoms with E-state index in [1.54, 1.807) is 26.2 Å². The van der Waals surface area contributed by atoms with Crippen molar-refractivity contribution >= 4 is 12.0 Å². The van der Waals surface area contributed by atoms with Gasteiger partial charge in [-0.2, -0.15) is 8.78 Å². The van der Waals surface area contributed by atoms with Crippen LogP contribution in [0.5, 0.6) is 17.2 Å². The summed E-state index contributed by atoms with van der Waals surface area (Å²) in [6.45, 7) is 1.39. The molecule has 0 aliphatic rings. The molecule has 0 aliphatic heterocycles. The molecule has 7 heteroatoms. The number of amides is 1. The standard InChI is InChI=1S/C21H23F2NO4/c1-4-27-19-11-15(7-9-17(19)28-21(22)23)8-10-20(25)24-13-16-6-5-14(2)18(12-16)26-3/h5-12,21H,4,13H2,1-3H3,(H,24,25). The molecule has 0 aliphatic carbocycles. The number of benzene rings is 2. The highest BCUT2D eigenvalue weighted by Gasteiger charge is 2.11. The van der Waals surface area contributed by atoms with Crippen molar-refractivity contribution in [2.45, 2.75) is 27.0 Å². The van der Waals surface area contributed by atoms with E-state index in [0.717, 1.165) is 16.9 Å². The number of alkyl halides is 2. The van der Waals surface area contributed by atoms with Crippen molar-refractivity contribution in [3.05, 3.63) is 59.2 Å². The van der Waals surface area contributed by atoms with Crippen molar-refractivity contribution in [1.29, 1.82) is 0 Å². The molecule has 0 saturated heterocycles. The van der Waals surface area contributed by atoms with E-state index in [4.69, 9.17) is 9.47 Å². The Balaban J connectivity index is 2.00. The minimum absolute atomic E-state index is 0.0493. The first kappa shape index (κ1) is 21.2. The minimum Gasteiger partial charge on any atom is -0.496 e. The fourth-order valence-corrected chi connectivity index (χ4v) is 2.48. The van der Waals surface area contributed by atoms with Crippen LogP contribution in [0.25, 0.3) is 6.08 Å². The molecule has 1 amide bonds. The monoisotopic (exact) mass is 391 g/mol. The number of rotatable bonds is 9. The van der Waals surface area contributed by atoms with Crippen molar-refractivity contribution < 1.29 is 27.8 Å². The van der Waals surface area contributed by atoms with Gasteiger partial charge in [-0.1, -0.05) is 18.2 Å². The summed E-state index contributed by atoms with van der Waals surface area (Å²) in [6, 6.07) is 10.2. The second-order valence-corrected chi connectivity index (χ2v) is 5.87. The topological polar surface area (TPSA) is 56.8 Å². The number of halogens is 2. The first-order chi connectivity index (χ1) is 13.4. The third-order valence-corrected chi connectivity index (χ3v) is 3.85. The zero-order valence-corrected chi connectivity index (χ0v) is 16.0. The summed E-state index contributed by atoms with van der Waals surface area (Å²) < 4.78 is 39.9. The van der Waals surface area contributed by atoms with Crippen LogP contribution in [-0.4, -0.2) is 26.2 Å². The van der Waals surface area contributed by atoms with E-state index >= 15 is 0 Å². The number of carbonyl (C=O) groups excluding carboxylic acids is 1. The number of nitrogens with one attached hydrogen (secondary N) is 1. The minimum atomic E-state index is -2.94. The predicted octanol–water partition coefficient (Wildman–Crippen LogP) is 4.33. The molecule has 0 bridgehead atoms. The van der Waals surface area contributed by atoms with E-state index in [2.05, 4.69) is 10.1 Å². The Morgan fingerprint density at radius 2 is 1.93 bits per heavy atom. The summed E-state index contributed by atoms with van der Waals surface area (Å²) in [4.78, 5) is 12.0. The van der Waals surface area contributed by atoms with Crippen LogP contribution < -0.4 is 19.5 Å². The molecule has 0 fully saturated rings. The molecule has 0 saturated carbocycles. The molecule has 0 aromatic heterocycles. The maximum absolute atomic E-state index is 12.4. The van der Waals surface area contributed by atoms with E-state index in [0.29, 0.717) is 18.7 Å². The number of hydrogen-bond donors (Lipinski definition) is 1. The van der Waals surface area contributed by atoms with Gasteiger partial charge in [-0.15, -0.1) is 0 Å². The highest BCUT2D eigenvalue weighted by Crippen LogP contribution is 2.30. The van der Waals surface area contributed by atoms with Crippen molar-refractivity contribution in [2.24, 2.45) is 0 Å². The summed E-state index contributed by atoms with van der Waals surface area (Å²) >= 11 is 0. The van der Waals surface area contributed by atoms with Crippen LogP contribution in [0.15, 0.2) is 42.5 Å². The fraction of sp³-hybridized carbons (Fsp3) is 0.286. The first-order valence-electron chi connectivity index (χ1n) is 8.74. The molecule has 0 radical (unpaired) electrons. The van der Waals surface area contributed by atoms with Gasteiger partial charge >= 0.3 is 6.61 Å². The highest BCUT2D eigenvalue weighted by atomic mass is 19.3. The molecule has 150 valence electrons. The lowest BCUT2D eigenvalue weighted by Gasteiger charge is -2.11.